The van der Waals surface area contributed by atoms with Gasteiger partial charge in [-0.1, -0.05) is 24.6 Å². The van der Waals surface area contributed by atoms with Crippen LogP contribution in [0.25, 0.3) is 0 Å². The molecule has 104 valence electrons. The van der Waals surface area contributed by atoms with Gasteiger partial charge in [0.25, 0.3) is 0 Å². The van der Waals surface area contributed by atoms with Gasteiger partial charge in [-0.25, -0.2) is 0 Å². The SMILES string of the molecule is S[P+]1(CCN2CCCCC2)CCCc2ccccc21. The summed E-state index contributed by atoms with van der Waals surface area (Å²) in [7, 11) is 0. The molecule has 0 bridgehead atoms. The van der Waals surface area contributed by atoms with Crippen LogP contribution in [0.4, 0.5) is 0 Å². The number of fused-ring (bicyclic) bond motifs is 1. The van der Waals surface area contributed by atoms with Crippen molar-refractivity contribution >= 4 is 24.0 Å². The molecule has 2 aliphatic rings. The van der Waals surface area contributed by atoms with Gasteiger partial charge < -0.3 is 0 Å². The summed E-state index contributed by atoms with van der Waals surface area (Å²) < 4.78 is 0. The molecule has 2 aliphatic heterocycles. The fourth-order valence-electron chi connectivity index (χ4n) is 3.50. The Morgan fingerprint density at radius 2 is 1.84 bits per heavy atom. The number of thiol groups is 1. The summed E-state index contributed by atoms with van der Waals surface area (Å²) in [6, 6.07) is 9.06. The normalized spacial score (nSPS) is 28.1. The molecular formula is C16H25NPS+. The van der Waals surface area contributed by atoms with E-state index >= 15 is 0 Å². The molecule has 0 amide bonds. The molecule has 0 aromatic heterocycles. The van der Waals surface area contributed by atoms with Crippen LogP contribution in [0.15, 0.2) is 24.3 Å². The van der Waals surface area contributed by atoms with Gasteiger partial charge in [0, 0.05) is 18.8 Å². The highest BCUT2D eigenvalue weighted by Gasteiger charge is 2.40. The Hall–Kier alpha value is -0.0400. The van der Waals surface area contributed by atoms with Crippen LogP contribution in [0.3, 0.4) is 0 Å². The second-order valence-electron chi connectivity index (χ2n) is 6.00. The average molecular weight is 294 g/mol. The van der Waals surface area contributed by atoms with Crippen molar-refractivity contribution in [3.8, 4) is 0 Å². The number of nitrogens with zero attached hydrogens (tertiary/aromatic N) is 1. The summed E-state index contributed by atoms with van der Waals surface area (Å²) >= 11 is 5.21. The molecule has 1 unspecified atom stereocenters. The van der Waals surface area contributed by atoms with Gasteiger partial charge in [-0.2, -0.15) is 0 Å². The van der Waals surface area contributed by atoms with Crippen molar-refractivity contribution < 1.29 is 0 Å². The zero-order valence-electron chi connectivity index (χ0n) is 11.7. The minimum Gasteiger partial charge on any atom is -0.300 e. The summed E-state index contributed by atoms with van der Waals surface area (Å²) in [6.45, 7) is 2.73. The van der Waals surface area contributed by atoms with Crippen LogP contribution < -0.4 is 5.30 Å². The Balaban J connectivity index is 1.69. The molecule has 1 fully saturated rings. The Kier molecular flexibility index (Phi) is 4.51. The second-order valence-corrected chi connectivity index (χ2v) is 11.5. The number of hydrogen-bond donors (Lipinski definition) is 1. The van der Waals surface area contributed by atoms with Crippen molar-refractivity contribution in [2.75, 3.05) is 32.0 Å². The molecule has 0 saturated carbocycles. The minimum absolute atomic E-state index is 1.17. The van der Waals surface area contributed by atoms with Crippen molar-refractivity contribution in [3.63, 3.8) is 0 Å². The molecule has 1 aromatic carbocycles. The smallest absolute Gasteiger partial charge is 0.108 e. The van der Waals surface area contributed by atoms with Gasteiger partial charge in [-0.15, -0.1) is 0 Å². The maximum atomic E-state index is 5.21. The van der Waals surface area contributed by atoms with Crippen LogP contribution >= 0.6 is 18.7 Å². The molecule has 0 N–H and O–H groups in total. The predicted octanol–water partition coefficient (Wildman–Crippen LogP) is 3.61. The first-order valence-corrected chi connectivity index (χ1v) is 11.0. The zero-order valence-corrected chi connectivity index (χ0v) is 13.5. The van der Waals surface area contributed by atoms with Crippen molar-refractivity contribution in [1.82, 2.24) is 4.90 Å². The highest BCUT2D eigenvalue weighted by atomic mass is 32.7. The Labute approximate surface area is 123 Å². The van der Waals surface area contributed by atoms with Crippen molar-refractivity contribution in [3.05, 3.63) is 29.8 Å². The Bertz CT molecular complexity index is 431. The number of hydrogen-bond acceptors (Lipinski definition) is 2. The summed E-state index contributed by atoms with van der Waals surface area (Å²) in [5, 5.41) is 1.61. The molecule has 0 radical (unpaired) electrons. The number of aryl methyl sites for hydroxylation is 1. The lowest BCUT2D eigenvalue weighted by molar-refractivity contribution is 0.241. The molecule has 1 atom stereocenters. The van der Waals surface area contributed by atoms with E-state index in [0.29, 0.717) is 0 Å². The van der Waals surface area contributed by atoms with E-state index < -0.39 is 6.46 Å². The fraction of sp³-hybridized carbons (Fsp3) is 0.625. The van der Waals surface area contributed by atoms with Crippen LogP contribution in [0.2, 0.25) is 0 Å². The Morgan fingerprint density at radius 1 is 1.05 bits per heavy atom. The van der Waals surface area contributed by atoms with Crippen LogP contribution in [0, 0.1) is 0 Å². The number of likely N-dealkylation sites (tertiary alicyclic amines) is 1. The van der Waals surface area contributed by atoms with E-state index in [1.165, 1.54) is 64.1 Å². The quantitative estimate of drug-likeness (QED) is 0.658. The Morgan fingerprint density at radius 3 is 2.68 bits per heavy atom. The third kappa shape index (κ3) is 3.17. The van der Waals surface area contributed by atoms with Gasteiger partial charge in [0.15, 0.2) is 0 Å². The van der Waals surface area contributed by atoms with E-state index in [1.807, 2.05) is 0 Å². The van der Waals surface area contributed by atoms with Crippen LogP contribution in [0.1, 0.15) is 31.2 Å². The maximum absolute atomic E-state index is 5.21. The minimum atomic E-state index is -1.17. The monoisotopic (exact) mass is 294 g/mol. The van der Waals surface area contributed by atoms with E-state index in [0.717, 1.165) is 0 Å². The summed E-state index contributed by atoms with van der Waals surface area (Å²) in [5.41, 5.74) is 1.58. The van der Waals surface area contributed by atoms with Crippen molar-refractivity contribution in [2.24, 2.45) is 0 Å². The van der Waals surface area contributed by atoms with Crippen LogP contribution in [0.5, 0.6) is 0 Å². The maximum Gasteiger partial charge on any atom is 0.108 e. The lowest BCUT2D eigenvalue weighted by Crippen LogP contribution is -2.34. The van der Waals surface area contributed by atoms with Gasteiger partial charge in [0.1, 0.15) is 11.8 Å². The molecule has 3 heteroatoms. The van der Waals surface area contributed by atoms with Gasteiger partial charge in [-0.05, 0) is 50.4 Å². The highest BCUT2D eigenvalue weighted by Crippen LogP contribution is 2.64. The van der Waals surface area contributed by atoms with Gasteiger partial charge in [0.2, 0.25) is 0 Å². The molecule has 1 nitrogen and oxygen atoms in total. The molecule has 3 rings (SSSR count). The highest BCUT2D eigenvalue weighted by molar-refractivity contribution is 8.55. The lowest BCUT2D eigenvalue weighted by Gasteiger charge is -2.31. The first-order valence-electron chi connectivity index (χ1n) is 7.69. The molecule has 19 heavy (non-hydrogen) atoms. The van der Waals surface area contributed by atoms with Crippen molar-refractivity contribution in [1.29, 1.82) is 0 Å². The van der Waals surface area contributed by atoms with Gasteiger partial charge in [0.05, 0.1) is 12.3 Å². The molecule has 2 heterocycles. The van der Waals surface area contributed by atoms with E-state index in [9.17, 15) is 0 Å². The van der Waals surface area contributed by atoms with E-state index in [1.54, 1.807) is 10.9 Å². The van der Waals surface area contributed by atoms with Gasteiger partial charge >= 0.3 is 0 Å². The molecule has 1 saturated heterocycles. The molecular weight excluding hydrogens is 269 g/mol. The largest absolute Gasteiger partial charge is 0.300 e. The van der Waals surface area contributed by atoms with E-state index in [-0.39, 0.29) is 0 Å². The first kappa shape index (κ1) is 13.9. The van der Waals surface area contributed by atoms with Crippen LogP contribution in [-0.2, 0) is 6.42 Å². The third-order valence-electron chi connectivity index (χ3n) is 4.65. The topological polar surface area (TPSA) is 3.24 Å². The summed E-state index contributed by atoms with van der Waals surface area (Å²) in [6.07, 6.45) is 9.49. The number of rotatable bonds is 3. The predicted molar refractivity (Wildman–Crippen MR) is 90.3 cm³/mol. The van der Waals surface area contributed by atoms with Gasteiger partial charge in [-0.3, -0.25) is 4.90 Å². The lowest BCUT2D eigenvalue weighted by atomic mass is 10.1. The van der Waals surface area contributed by atoms with E-state index in [2.05, 4.69) is 29.2 Å². The first-order chi connectivity index (χ1) is 9.28. The summed E-state index contributed by atoms with van der Waals surface area (Å²) in [5.74, 6) is 0. The van der Waals surface area contributed by atoms with Crippen molar-refractivity contribution in [2.45, 2.75) is 32.1 Å². The molecule has 0 spiro atoms. The molecule has 1 aromatic rings. The van der Waals surface area contributed by atoms with Crippen LogP contribution in [-0.4, -0.2) is 36.9 Å². The number of benzene rings is 1. The summed E-state index contributed by atoms with van der Waals surface area (Å²) in [4.78, 5) is 2.67. The fourth-order valence-corrected chi connectivity index (χ4v) is 7.86. The second kappa shape index (κ2) is 6.16. The molecule has 0 aliphatic carbocycles. The standard InChI is InChI=1S/C16H25NPS/c19-18(14-12-17-10-4-1-5-11-17)13-6-8-15-7-2-3-9-16(15)18/h2-3,7,9,19H,1,4-6,8,10-14H2/q+1. The third-order valence-corrected chi connectivity index (χ3v) is 9.82. The number of piperidine rings is 1. The average Bonchev–Trinajstić information content (AvgIpc) is 2.47. The zero-order chi connectivity index (χ0) is 13.1. The van der Waals surface area contributed by atoms with E-state index in [4.69, 9.17) is 12.2 Å².